The van der Waals surface area contributed by atoms with E-state index >= 15 is 0 Å². The minimum Gasteiger partial charge on any atom is -0.272 e. The van der Waals surface area contributed by atoms with Gasteiger partial charge in [-0.05, 0) is 44.2 Å². The van der Waals surface area contributed by atoms with E-state index in [0.29, 0.717) is 5.92 Å². The minimum absolute atomic E-state index is 0.0862. The Morgan fingerprint density at radius 2 is 2.35 bits per heavy atom. The number of rotatable bonds is 5. The Labute approximate surface area is 144 Å². The highest BCUT2D eigenvalue weighted by Gasteiger charge is 2.16. The molecule has 0 saturated carbocycles. The second-order valence-corrected chi connectivity index (χ2v) is 8.12. The van der Waals surface area contributed by atoms with Crippen LogP contribution in [0.15, 0.2) is 45.9 Å². The predicted octanol–water partition coefficient (Wildman–Crippen LogP) is 4.24. The number of allylic oxidation sites excluding steroid dienone is 2. The molecule has 2 aromatic rings. The molecule has 1 aromatic heterocycles. The molecule has 1 aromatic carbocycles. The van der Waals surface area contributed by atoms with Gasteiger partial charge in [0.25, 0.3) is 5.91 Å². The van der Waals surface area contributed by atoms with Gasteiger partial charge in [0.1, 0.15) is 0 Å². The van der Waals surface area contributed by atoms with Gasteiger partial charge in [0.15, 0.2) is 4.34 Å². The maximum atomic E-state index is 12.1. The second kappa shape index (κ2) is 7.75. The van der Waals surface area contributed by atoms with E-state index < -0.39 is 0 Å². The Hall–Kier alpha value is -1.66. The largest absolute Gasteiger partial charge is 0.272 e. The van der Waals surface area contributed by atoms with Gasteiger partial charge in [-0.2, -0.15) is 5.10 Å². The van der Waals surface area contributed by atoms with Crippen LogP contribution in [0, 0.1) is 5.92 Å². The molecule has 0 radical (unpaired) electrons. The Morgan fingerprint density at radius 1 is 1.48 bits per heavy atom. The van der Waals surface area contributed by atoms with Gasteiger partial charge in [0.2, 0.25) is 0 Å². The third kappa shape index (κ3) is 4.42. The molecule has 0 bridgehead atoms. The number of carbonyl (C=O) groups is 1. The lowest BCUT2D eigenvalue weighted by atomic mass is 9.96. The summed E-state index contributed by atoms with van der Waals surface area (Å²) in [6, 6.07) is 8.01. The quantitative estimate of drug-likeness (QED) is 0.382. The number of amides is 1. The first-order valence-electron chi connectivity index (χ1n) is 7.72. The lowest BCUT2D eigenvalue weighted by Gasteiger charge is -2.12. The van der Waals surface area contributed by atoms with E-state index in [1.165, 1.54) is 11.8 Å². The van der Waals surface area contributed by atoms with Crippen molar-refractivity contribution in [1.82, 2.24) is 10.4 Å². The van der Waals surface area contributed by atoms with Crippen molar-refractivity contribution in [2.75, 3.05) is 0 Å². The molecule has 1 amide bonds. The van der Waals surface area contributed by atoms with Crippen molar-refractivity contribution in [2.24, 2.45) is 11.0 Å². The van der Waals surface area contributed by atoms with Crippen molar-refractivity contribution in [3.63, 3.8) is 0 Å². The number of nitrogens with one attached hydrogen (secondary N) is 1. The average molecular weight is 345 g/mol. The molecule has 1 heterocycles. The van der Waals surface area contributed by atoms with Crippen LogP contribution < -0.4 is 5.43 Å². The Balaban J connectivity index is 1.52. The number of thioether (sulfide) groups is 1. The molecule has 0 aliphatic heterocycles. The van der Waals surface area contributed by atoms with Gasteiger partial charge in [-0.3, -0.25) is 4.79 Å². The number of carbonyl (C=O) groups excluding carboxylic acids is 1. The summed E-state index contributed by atoms with van der Waals surface area (Å²) in [6.07, 6.45) is 9.43. The zero-order valence-electron chi connectivity index (χ0n) is 12.9. The van der Waals surface area contributed by atoms with Crippen LogP contribution in [0.3, 0.4) is 0 Å². The number of para-hydroxylation sites is 1. The van der Waals surface area contributed by atoms with Crippen LogP contribution in [-0.2, 0) is 4.79 Å². The summed E-state index contributed by atoms with van der Waals surface area (Å²) in [6.45, 7) is 1.88. The maximum Gasteiger partial charge on any atom is 0.253 e. The lowest BCUT2D eigenvalue weighted by molar-refractivity contribution is -0.120. The first-order valence-corrected chi connectivity index (χ1v) is 9.42. The fourth-order valence-corrected chi connectivity index (χ4v) is 4.56. The van der Waals surface area contributed by atoms with Crippen LogP contribution in [0.25, 0.3) is 10.2 Å². The topological polar surface area (TPSA) is 54.4 Å². The van der Waals surface area contributed by atoms with Crippen LogP contribution in [0.5, 0.6) is 0 Å². The number of hydrazone groups is 1. The normalized spacial score (nSPS) is 19.3. The fraction of sp³-hybridized carbons (Fsp3) is 0.353. The molecule has 1 N–H and O–H groups in total. The highest BCUT2D eigenvalue weighted by Crippen LogP contribution is 2.31. The number of benzene rings is 1. The minimum atomic E-state index is -0.223. The van der Waals surface area contributed by atoms with Gasteiger partial charge in [-0.1, -0.05) is 36.0 Å². The molecule has 0 spiro atoms. The summed E-state index contributed by atoms with van der Waals surface area (Å²) in [7, 11) is 0. The number of hydrogen-bond acceptors (Lipinski definition) is 5. The second-order valence-electron chi connectivity index (χ2n) is 5.51. The van der Waals surface area contributed by atoms with Gasteiger partial charge < -0.3 is 0 Å². The molecule has 0 saturated heterocycles. The Morgan fingerprint density at radius 3 is 3.13 bits per heavy atom. The van der Waals surface area contributed by atoms with Gasteiger partial charge >= 0.3 is 0 Å². The van der Waals surface area contributed by atoms with E-state index in [4.69, 9.17) is 0 Å². The van der Waals surface area contributed by atoms with Gasteiger partial charge in [-0.25, -0.2) is 10.4 Å². The van der Waals surface area contributed by atoms with Gasteiger partial charge in [0, 0.05) is 6.21 Å². The van der Waals surface area contributed by atoms with Crippen molar-refractivity contribution in [3.05, 3.63) is 36.4 Å². The maximum absolute atomic E-state index is 12.1. The number of hydrogen-bond donors (Lipinski definition) is 1. The summed E-state index contributed by atoms with van der Waals surface area (Å²) in [5.41, 5.74) is 3.63. The van der Waals surface area contributed by atoms with Crippen molar-refractivity contribution < 1.29 is 4.79 Å². The molecule has 3 rings (SSSR count). The number of aromatic nitrogens is 1. The molecule has 120 valence electrons. The number of nitrogens with zero attached hydrogens (tertiary/aromatic N) is 2. The third-order valence-corrected chi connectivity index (χ3v) is 5.92. The monoisotopic (exact) mass is 345 g/mol. The van der Waals surface area contributed by atoms with Crippen molar-refractivity contribution >= 4 is 45.4 Å². The van der Waals surface area contributed by atoms with E-state index in [0.717, 1.165) is 33.8 Å². The number of fused-ring (bicyclic) bond motifs is 1. The first kappa shape index (κ1) is 16.2. The predicted molar refractivity (Wildman–Crippen MR) is 98.1 cm³/mol. The zero-order valence-corrected chi connectivity index (χ0v) is 14.6. The summed E-state index contributed by atoms with van der Waals surface area (Å²) < 4.78 is 2.06. The van der Waals surface area contributed by atoms with Crippen molar-refractivity contribution in [3.8, 4) is 0 Å². The van der Waals surface area contributed by atoms with E-state index in [1.807, 2.05) is 37.4 Å². The Kier molecular flexibility index (Phi) is 5.46. The molecule has 1 aliphatic carbocycles. The molecule has 0 fully saturated rings. The summed E-state index contributed by atoms with van der Waals surface area (Å²) in [5, 5.41) is 3.89. The van der Waals surface area contributed by atoms with Crippen LogP contribution in [-0.4, -0.2) is 22.4 Å². The number of thiazole rings is 1. The van der Waals surface area contributed by atoms with E-state index in [2.05, 4.69) is 27.7 Å². The van der Waals surface area contributed by atoms with Crippen LogP contribution >= 0.6 is 23.1 Å². The SMILES string of the molecule is CC(Sc1nc2ccccc2s1)C(=O)N/N=C/C1CC=CCC1. The van der Waals surface area contributed by atoms with Crippen molar-refractivity contribution in [2.45, 2.75) is 35.8 Å². The van der Waals surface area contributed by atoms with Crippen molar-refractivity contribution in [1.29, 1.82) is 0 Å². The van der Waals surface area contributed by atoms with E-state index in [9.17, 15) is 4.79 Å². The highest BCUT2D eigenvalue weighted by atomic mass is 32.2. The standard InChI is InChI=1S/C17H19N3OS2/c1-12(16(21)20-18-11-13-7-3-2-4-8-13)22-17-19-14-9-5-6-10-15(14)23-17/h2-3,5-6,9-13H,4,7-8H2,1H3,(H,20,21)/b18-11+. The molecule has 4 nitrogen and oxygen atoms in total. The summed E-state index contributed by atoms with van der Waals surface area (Å²) in [4.78, 5) is 16.7. The van der Waals surface area contributed by atoms with Gasteiger partial charge in [0.05, 0.1) is 15.5 Å². The van der Waals surface area contributed by atoms with Crippen LogP contribution in [0.2, 0.25) is 0 Å². The summed E-state index contributed by atoms with van der Waals surface area (Å²) >= 11 is 3.09. The van der Waals surface area contributed by atoms with E-state index in [1.54, 1.807) is 11.3 Å². The molecule has 2 atom stereocenters. The highest BCUT2D eigenvalue weighted by molar-refractivity contribution is 8.02. The first-order chi connectivity index (χ1) is 11.2. The van der Waals surface area contributed by atoms with Crippen LogP contribution in [0.4, 0.5) is 0 Å². The van der Waals surface area contributed by atoms with Crippen LogP contribution in [0.1, 0.15) is 26.2 Å². The molecule has 1 aliphatic rings. The zero-order chi connectivity index (χ0) is 16.1. The fourth-order valence-electron chi connectivity index (χ4n) is 2.36. The third-order valence-electron chi connectivity index (χ3n) is 3.69. The average Bonchev–Trinajstić information content (AvgIpc) is 2.98. The van der Waals surface area contributed by atoms with Gasteiger partial charge in [-0.15, -0.1) is 11.3 Å². The lowest BCUT2D eigenvalue weighted by Crippen LogP contribution is -2.27. The molecule has 23 heavy (non-hydrogen) atoms. The van der Waals surface area contributed by atoms with E-state index in [-0.39, 0.29) is 11.2 Å². The summed E-state index contributed by atoms with van der Waals surface area (Å²) in [5.74, 6) is 0.351. The molecular weight excluding hydrogens is 326 g/mol. The smallest absolute Gasteiger partial charge is 0.253 e. The molecule has 6 heteroatoms. The molecular formula is C17H19N3OS2. The Bertz CT molecular complexity index is 705. The molecule has 2 unspecified atom stereocenters.